The van der Waals surface area contributed by atoms with E-state index in [1.165, 1.54) is 0 Å². The molecule has 8 N–H and O–H groups in total. The van der Waals surface area contributed by atoms with Crippen LogP contribution in [-0.2, 0) is 28.5 Å². The quantitative estimate of drug-likeness (QED) is 0.0812. The van der Waals surface area contributed by atoms with Crippen molar-refractivity contribution in [3.05, 3.63) is 0 Å². The summed E-state index contributed by atoms with van der Waals surface area (Å²) in [6, 6.07) is 0. The monoisotopic (exact) mass is 560 g/mol. The molecule has 37 heavy (non-hydrogen) atoms. The predicted octanol–water partition coefficient (Wildman–Crippen LogP) is -14.0. The van der Waals surface area contributed by atoms with Crippen molar-refractivity contribution in [1.82, 2.24) is 0 Å². The van der Waals surface area contributed by atoms with Gasteiger partial charge in [0.1, 0.15) is 48.6 Å². The normalized spacial score (nSPS) is 37.5. The molecule has 2 fully saturated rings. The van der Waals surface area contributed by atoms with E-state index in [9.17, 15) is 50.4 Å². The summed E-state index contributed by atoms with van der Waals surface area (Å²) in [6.45, 7) is -2.79. The second-order valence-corrected chi connectivity index (χ2v) is 8.32. The third-order valence-corrected chi connectivity index (χ3v) is 5.76. The fourth-order valence-electron chi connectivity index (χ4n) is 3.80. The molecule has 0 radical (unpaired) electrons. The van der Waals surface area contributed by atoms with Gasteiger partial charge < -0.3 is 79.6 Å². The molecule has 2 saturated heterocycles. The molecule has 0 aromatic carbocycles. The van der Waals surface area contributed by atoms with E-state index in [2.05, 4.69) is 0 Å². The fourth-order valence-corrected chi connectivity index (χ4v) is 3.80. The Morgan fingerprint density at radius 3 is 1.68 bits per heavy atom. The molecular formula is C19H30Na2O16. The van der Waals surface area contributed by atoms with Crippen LogP contribution in [-0.4, -0.2) is 140 Å². The van der Waals surface area contributed by atoms with Gasteiger partial charge in [-0.05, 0) is 6.42 Å². The zero-order chi connectivity index (χ0) is 26.6. The van der Waals surface area contributed by atoms with Gasteiger partial charge in [0.05, 0.1) is 32.0 Å². The molecule has 2 aliphatic rings. The van der Waals surface area contributed by atoms with Crippen molar-refractivity contribution >= 4 is 11.9 Å². The summed E-state index contributed by atoms with van der Waals surface area (Å²) in [4.78, 5) is 23.5. The van der Waals surface area contributed by atoms with E-state index in [-0.39, 0.29) is 78.7 Å². The van der Waals surface area contributed by atoms with E-state index in [4.69, 9.17) is 29.2 Å². The van der Waals surface area contributed by atoms with Crippen LogP contribution in [0.4, 0.5) is 0 Å². The summed E-state index contributed by atoms with van der Waals surface area (Å²) in [5.74, 6) is -9.54. The number of aliphatic hydroxyl groups is 8. The first-order valence-electron chi connectivity index (χ1n) is 10.7. The zero-order valence-corrected chi connectivity index (χ0v) is 24.4. The van der Waals surface area contributed by atoms with Crippen LogP contribution < -0.4 is 69.3 Å². The molecule has 0 saturated carbocycles. The third-order valence-electron chi connectivity index (χ3n) is 5.76. The van der Waals surface area contributed by atoms with Crippen LogP contribution in [0.25, 0.3) is 0 Å². The Kier molecular flexibility index (Phi) is 16.2. The van der Waals surface area contributed by atoms with Gasteiger partial charge >= 0.3 is 59.1 Å². The Morgan fingerprint density at radius 1 is 0.838 bits per heavy atom. The first-order valence-corrected chi connectivity index (χ1v) is 10.7. The van der Waals surface area contributed by atoms with E-state index in [1.54, 1.807) is 0 Å². The molecule has 2 rings (SSSR count). The number of carboxylic acids is 2. The second-order valence-electron chi connectivity index (χ2n) is 8.32. The molecule has 204 valence electrons. The van der Waals surface area contributed by atoms with Crippen molar-refractivity contribution in [3.8, 4) is 0 Å². The average Bonchev–Trinajstić information content (AvgIpc) is 2.81. The molecule has 18 heteroatoms. The van der Waals surface area contributed by atoms with Crippen LogP contribution in [0.15, 0.2) is 0 Å². The summed E-state index contributed by atoms with van der Waals surface area (Å²) in [7, 11) is 0. The molecule has 0 unspecified atom stereocenters. The number of hydrogen-bond acceptors (Lipinski definition) is 16. The average molecular weight is 560 g/mol. The Bertz CT molecular complexity index is 732. The molecule has 0 spiro atoms. The standard InChI is InChI=1S/C19H32O16.2Na/c20-2-1-3-32-18(16(28)29)4-8(22)13(27)15(35-18)11(25)7-33-19(17(30)31)5-9(23)12(26)14(34-19)10(24)6-21;;/h8-15,20-27H,1-7H2,(H,28,29)(H,30,31);;/q;2*+1/p-2/t8-,9-,10-,11-,12-,13-,14-,15-,18-,19-;;/m1../s1. The van der Waals surface area contributed by atoms with Gasteiger partial charge in [-0.3, -0.25) is 0 Å². The van der Waals surface area contributed by atoms with Gasteiger partial charge in [-0.1, -0.05) is 0 Å². The molecule has 2 heterocycles. The summed E-state index contributed by atoms with van der Waals surface area (Å²) in [5, 5.41) is 102. The number of aliphatic hydroxyl groups excluding tert-OH is 8. The zero-order valence-electron chi connectivity index (χ0n) is 20.4. The Morgan fingerprint density at radius 2 is 1.27 bits per heavy atom. The van der Waals surface area contributed by atoms with Crippen molar-refractivity contribution in [2.45, 2.75) is 79.7 Å². The fraction of sp³-hybridized carbons (Fsp3) is 0.895. The van der Waals surface area contributed by atoms with E-state index in [0.29, 0.717) is 0 Å². The van der Waals surface area contributed by atoms with E-state index < -0.39 is 98.4 Å². The summed E-state index contributed by atoms with van der Waals surface area (Å²) < 4.78 is 20.5. The van der Waals surface area contributed by atoms with E-state index in [1.807, 2.05) is 0 Å². The Labute approximate surface area is 255 Å². The minimum Gasteiger partial charge on any atom is -0.544 e. The largest absolute Gasteiger partial charge is 1.00 e. The van der Waals surface area contributed by atoms with Gasteiger partial charge in [-0.15, -0.1) is 0 Å². The minimum absolute atomic E-state index is 0. The van der Waals surface area contributed by atoms with Crippen LogP contribution in [0.1, 0.15) is 19.3 Å². The van der Waals surface area contributed by atoms with Crippen molar-refractivity contribution in [1.29, 1.82) is 0 Å². The smallest absolute Gasteiger partial charge is 0.544 e. The van der Waals surface area contributed by atoms with Crippen LogP contribution in [0, 0.1) is 0 Å². The van der Waals surface area contributed by atoms with Crippen LogP contribution >= 0.6 is 0 Å². The summed E-state index contributed by atoms with van der Waals surface area (Å²) >= 11 is 0. The first kappa shape index (κ1) is 37.5. The predicted molar refractivity (Wildman–Crippen MR) is 101 cm³/mol. The number of ether oxygens (including phenoxy) is 4. The van der Waals surface area contributed by atoms with E-state index >= 15 is 0 Å². The molecule has 16 nitrogen and oxygen atoms in total. The van der Waals surface area contributed by atoms with Gasteiger partial charge in [-0.2, -0.15) is 0 Å². The molecule has 2 aliphatic heterocycles. The maximum absolute atomic E-state index is 11.8. The van der Waals surface area contributed by atoms with E-state index in [0.717, 1.165) is 0 Å². The third kappa shape index (κ3) is 8.72. The van der Waals surface area contributed by atoms with Crippen molar-refractivity contribution in [3.63, 3.8) is 0 Å². The van der Waals surface area contributed by atoms with Crippen molar-refractivity contribution in [2.75, 3.05) is 26.4 Å². The molecular weight excluding hydrogens is 530 g/mol. The molecule has 10 atom stereocenters. The Balaban J connectivity index is 0.00000648. The topological polar surface area (TPSA) is 279 Å². The van der Waals surface area contributed by atoms with Gasteiger partial charge in [0, 0.05) is 19.4 Å². The van der Waals surface area contributed by atoms with Gasteiger partial charge in [0.15, 0.2) is 0 Å². The molecule has 0 amide bonds. The SMILES string of the molecule is O=C([O-])[C@@]1(OC[C@@H](O)[C@H]2O[C@@](OCCCO)(C(=O)[O-])C[C@@H](O)[C@H]2O)C[C@@H](O)[C@@H](O)[C@@H]([C@H](O)CO)O1.[Na+].[Na+]. The molecule has 0 aromatic rings. The second kappa shape index (κ2) is 16.0. The Hall–Kier alpha value is 0.460. The van der Waals surface area contributed by atoms with Crippen molar-refractivity contribution in [2.24, 2.45) is 0 Å². The maximum Gasteiger partial charge on any atom is 1.00 e. The van der Waals surface area contributed by atoms with Gasteiger partial charge in [0.2, 0.25) is 11.6 Å². The number of carbonyl (C=O) groups excluding carboxylic acids is 2. The first-order chi connectivity index (χ1) is 16.3. The maximum atomic E-state index is 11.8. The molecule has 0 bridgehead atoms. The number of carboxylic acid groups (broad SMARTS) is 2. The van der Waals surface area contributed by atoms with Crippen LogP contribution in [0.3, 0.4) is 0 Å². The molecule has 0 aromatic heterocycles. The number of hydrogen-bond donors (Lipinski definition) is 8. The summed E-state index contributed by atoms with van der Waals surface area (Å²) in [5.41, 5.74) is 0. The number of carbonyl (C=O) groups is 2. The van der Waals surface area contributed by atoms with Crippen LogP contribution in [0.5, 0.6) is 0 Å². The minimum atomic E-state index is -2.86. The van der Waals surface area contributed by atoms with Crippen LogP contribution in [0.2, 0.25) is 0 Å². The van der Waals surface area contributed by atoms with Gasteiger partial charge in [0.25, 0.3) is 0 Å². The number of aliphatic carboxylic acids is 2. The summed E-state index contributed by atoms with van der Waals surface area (Å²) in [6.07, 6.45) is -16.8. The van der Waals surface area contributed by atoms with Crippen molar-refractivity contribution < 1.29 is 139 Å². The number of rotatable bonds is 12. The van der Waals surface area contributed by atoms with Gasteiger partial charge in [-0.25, -0.2) is 0 Å². The molecule has 0 aliphatic carbocycles.